The molecule has 0 aliphatic heterocycles. The topological polar surface area (TPSA) is 53.3 Å². The minimum absolute atomic E-state index is 0.211. The molecule has 0 saturated carbocycles. The summed E-state index contributed by atoms with van der Waals surface area (Å²) in [6.45, 7) is 0.808. The monoisotopic (exact) mass is 388 g/mol. The zero-order valence-electron chi connectivity index (χ0n) is 15.2. The van der Waals surface area contributed by atoms with E-state index in [1.54, 1.807) is 24.3 Å². The van der Waals surface area contributed by atoms with E-state index in [0.717, 1.165) is 6.08 Å². The number of hydrogen-bond acceptors (Lipinski definition) is 3. The van der Waals surface area contributed by atoms with Crippen molar-refractivity contribution in [2.24, 2.45) is 0 Å². The Balaban J connectivity index is 2.12. The summed E-state index contributed by atoms with van der Waals surface area (Å²) in [7, 11) is 0. The molecule has 2 rings (SSSR count). The van der Waals surface area contributed by atoms with Crippen LogP contribution in [0.1, 0.15) is 23.6 Å². The average Bonchev–Trinajstić information content (AvgIpc) is 2.66. The predicted octanol–water partition coefficient (Wildman–Crippen LogP) is 4.56. The normalized spacial score (nSPS) is 11.2. The molecule has 0 saturated heterocycles. The third kappa shape index (κ3) is 6.80. The van der Waals surface area contributed by atoms with Crippen LogP contribution in [0.4, 0.5) is 13.2 Å². The molecule has 0 aliphatic carbocycles. The molecule has 0 atom stereocenters. The van der Waals surface area contributed by atoms with E-state index in [4.69, 9.17) is 10.00 Å². The van der Waals surface area contributed by atoms with Crippen LogP contribution in [0.25, 0.3) is 6.08 Å². The zero-order valence-corrected chi connectivity index (χ0v) is 15.2. The van der Waals surface area contributed by atoms with Crippen molar-refractivity contribution in [1.29, 1.82) is 5.26 Å². The minimum atomic E-state index is -4.52. The summed E-state index contributed by atoms with van der Waals surface area (Å²) in [5.74, 6) is -0.0824. The number of nitriles is 1. The lowest BCUT2D eigenvalue weighted by atomic mass is 10.1. The number of carbonyl (C=O) groups is 1. The molecule has 0 fully saturated rings. The van der Waals surface area contributed by atoms with Crippen LogP contribution in [-0.4, -0.2) is 30.1 Å². The van der Waals surface area contributed by atoms with E-state index in [-0.39, 0.29) is 6.54 Å². The third-order valence-electron chi connectivity index (χ3n) is 3.75. The molecule has 1 amide bonds. The first-order chi connectivity index (χ1) is 13.3. The second kappa shape index (κ2) is 9.60. The van der Waals surface area contributed by atoms with Crippen molar-refractivity contribution in [2.75, 3.05) is 13.2 Å². The maximum absolute atomic E-state index is 12.9. The van der Waals surface area contributed by atoms with Crippen LogP contribution < -0.4 is 4.74 Å². The molecule has 0 N–H and O–H groups in total. The van der Waals surface area contributed by atoms with Crippen LogP contribution in [0, 0.1) is 11.3 Å². The van der Waals surface area contributed by atoms with Crippen LogP contribution in [0.15, 0.2) is 54.6 Å². The van der Waals surface area contributed by atoms with Gasteiger partial charge in [0.05, 0.1) is 18.2 Å². The highest BCUT2D eigenvalue weighted by atomic mass is 19.4. The van der Waals surface area contributed by atoms with E-state index in [2.05, 4.69) is 0 Å². The molecule has 0 bridgehead atoms. The lowest BCUT2D eigenvalue weighted by molar-refractivity contribution is -0.159. The number of carbonyl (C=O) groups excluding carboxylic acids is 1. The largest absolute Gasteiger partial charge is 0.494 e. The molecule has 146 valence electrons. The van der Waals surface area contributed by atoms with Gasteiger partial charge in [0.25, 0.3) is 0 Å². The van der Waals surface area contributed by atoms with Gasteiger partial charge < -0.3 is 9.64 Å². The molecule has 0 radical (unpaired) electrons. The highest BCUT2D eigenvalue weighted by Gasteiger charge is 2.32. The molecule has 28 heavy (non-hydrogen) atoms. The first kappa shape index (κ1) is 21.0. The van der Waals surface area contributed by atoms with Gasteiger partial charge in [0, 0.05) is 12.6 Å². The third-order valence-corrected chi connectivity index (χ3v) is 3.75. The molecule has 0 heterocycles. The van der Waals surface area contributed by atoms with Crippen LogP contribution in [0.5, 0.6) is 5.75 Å². The smallest absolute Gasteiger partial charge is 0.406 e. The number of benzene rings is 2. The summed E-state index contributed by atoms with van der Waals surface area (Å²) in [4.78, 5) is 13.1. The summed E-state index contributed by atoms with van der Waals surface area (Å²) in [6, 6.07) is 14.9. The van der Waals surface area contributed by atoms with Gasteiger partial charge >= 0.3 is 6.18 Å². The van der Waals surface area contributed by atoms with Crippen molar-refractivity contribution in [2.45, 2.75) is 19.6 Å². The second-order valence-corrected chi connectivity index (χ2v) is 5.95. The number of halogens is 3. The summed E-state index contributed by atoms with van der Waals surface area (Å²) < 4.78 is 44.0. The Morgan fingerprint density at radius 2 is 1.79 bits per heavy atom. The van der Waals surface area contributed by atoms with Crippen LogP contribution >= 0.6 is 0 Å². The second-order valence-electron chi connectivity index (χ2n) is 5.95. The van der Waals surface area contributed by atoms with Crippen LogP contribution in [-0.2, 0) is 11.3 Å². The molecule has 2 aromatic carbocycles. The van der Waals surface area contributed by atoms with Crippen molar-refractivity contribution in [3.05, 3.63) is 71.3 Å². The lowest BCUT2D eigenvalue weighted by Crippen LogP contribution is -2.37. The van der Waals surface area contributed by atoms with E-state index < -0.39 is 18.6 Å². The van der Waals surface area contributed by atoms with Crippen molar-refractivity contribution >= 4 is 12.0 Å². The molecule has 0 aliphatic rings. The Kier molecular flexibility index (Phi) is 7.21. The number of ether oxygens (including phenoxy) is 1. The summed E-state index contributed by atoms with van der Waals surface area (Å²) >= 11 is 0. The molecule has 0 aromatic heterocycles. The van der Waals surface area contributed by atoms with Crippen LogP contribution in [0.3, 0.4) is 0 Å². The van der Waals surface area contributed by atoms with E-state index in [9.17, 15) is 18.0 Å². The van der Waals surface area contributed by atoms with E-state index in [0.29, 0.717) is 33.9 Å². The van der Waals surface area contributed by atoms with Gasteiger partial charge in [0.1, 0.15) is 12.3 Å². The number of alkyl halides is 3. The Bertz CT molecular complexity index is 851. The van der Waals surface area contributed by atoms with Gasteiger partial charge in [-0.2, -0.15) is 18.4 Å². The highest BCUT2D eigenvalue weighted by Crippen LogP contribution is 2.19. The average molecular weight is 388 g/mol. The van der Waals surface area contributed by atoms with E-state index >= 15 is 0 Å². The van der Waals surface area contributed by atoms with Crippen molar-refractivity contribution < 1.29 is 22.7 Å². The van der Waals surface area contributed by atoms with Gasteiger partial charge in [0.15, 0.2) is 0 Å². The lowest BCUT2D eigenvalue weighted by Gasteiger charge is -2.23. The van der Waals surface area contributed by atoms with Crippen LogP contribution in [0.2, 0.25) is 0 Å². The Morgan fingerprint density at radius 1 is 1.14 bits per heavy atom. The first-order valence-corrected chi connectivity index (χ1v) is 8.56. The quantitative estimate of drug-likeness (QED) is 0.654. The Labute approximate surface area is 161 Å². The highest BCUT2D eigenvalue weighted by molar-refractivity contribution is 5.91. The van der Waals surface area contributed by atoms with Gasteiger partial charge in [-0.1, -0.05) is 24.3 Å². The fourth-order valence-electron chi connectivity index (χ4n) is 2.45. The molecule has 0 spiro atoms. The molecular formula is C21H19F3N2O2. The van der Waals surface area contributed by atoms with Crippen molar-refractivity contribution in [3.63, 3.8) is 0 Å². The number of amides is 1. The maximum Gasteiger partial charge on any atom is 0.406 e. The van der Waals surface area contributed by atoms with Crippen molar-refractivity contribution in [1.82, 2.24) is 4.90 Å². The van der Waals surface area contributed by atoms with Gasteiger partial charge in [-0.25, -0.2) is 0 Å². The first-order valence-electron chi connectivity index (χ1n) is 8.56. The minimum Gasteiger partial charge on any atom is -0.494 e. The molecule has 4 nitrogen and oxygen atoms in total. The Hall–Kier alpha value is -3.27. The van der Waals surface area contributed by atoms with Crippen molar-refractivity contribution in [3.8, 4) is 11.8 Å². The van der Waals surface area contributed by atoms with Gasteiger partial charge in [-0.15, -0.1) is 0 Å². The zero-order chi connectivity index (χ0) is 20.6. The Morgan fingerprint density at radius 3 is 2.32 bits per heavy atom. The standard InChI is InChI=1S/C21H19F3N2O2/c1-2-28-19-10-7-16(8-11-19)9-12-20(27)26(15-21(22,23)24)14-18-5-3-17(13-25)4-6-18/h3-12H,2,14-15H2,1H3/b12-9+. The summed E-state index contributed by atoms with van der Waals surface area (Å²) in [5.41, 5.74) is 1.57. The number of nitrogens with zero attached hydrogens (tertiary/aromatic N) is 2. The van der Waals surface area contributed by atoms with Gasteiger partial charge in [0.2, 0.25) is 5.91 Å². The van der Waals surface area contributed by atoms with Gasteiger partial charge in [-0.05, 0) is 48.4 Å². The SMILES string of the molecule is CCOc1ccc(/C=C/C(=O)N(Cc2ccc(C#N)cc2)CC(F)(F)F)cc1. The molecular weight excluding hydrogens is 369 g/mol. The number of hydrogen-bond donors (Lipinski definition) is 0. The number of rotatable bonds is 7. The van der Waals surface area contributed by atoms with E-state index in [1.165, 1.54) is 30.3 Å². The summed E-state index contributed by atoms with van der Waals surface area (Å²) in [5, 5.41) is 8.80. The molecule has 2 aromatic rings. The summed E-state index contributed by atoms with van der Waals surface area (Å²) in [6.07, 6.45) is -1.94. The molecule has 7 heteroatoms. The predicted molar refractivity (Wildman–Crippen MR) is 99.3 cm³/mol. The molecule has 0 unspecified atom stereocenters. The fourth-order valence-corrected chi connectivity index (χ4v) is 2.45. The maximum atomic E-state index is 12.9. The van der Waals surface area contributed by atoms with Gasteiger partial charge in [-0.3, -0.25) is 4.79 Å². The van der Waals surface area contributed by atoms with E-state index in [1.807, 2.05) is 13.0 Å². The fraction of sp³-hybridized carbons (Fsp3) is 0.238.